The first-order valence-electron chi connectivity index (χ1n) is 31.8. The van der Waals surface area contributed by atoms with E-state index >= 15 is 0 Å². The number of unbranched alkanes of at least 4 members (excludes halogenated alkanes) is 21. The number of rotatable bonds is 56. The largest absolute Gasteiger partial charge is 0.462 e. The van der Waals surface area contributed by atoms with Gasteiger partial charge in [0.1, 0.15) is 13.2 Å². The summed E-state index contributed by atoms with van der Waals surface area (Å²) in [4.78, 5) is 38.3. The minimum Gasteiger partial charge on any atom is -0.462 e. The third-order valence-electron chi connectivity index (χ3n) is 13.1. The highest BCUT2D eigenvalue weighted by molar-refractivity contribution is 5.71. The number of ether oxygens (including phenoxy) is 3. The van der Waals surface area contributed by atoms with Crippen LogP contribution in [0.2, 0.25) is 0 Å². The Balaban J connectivity index is 4.47. The summed E-state index contributed by atoms with van der Waals surface area (Å²) in [6.45, 7) is 6.37. The average Bonchev–Trinajstić information content (AvgIpc) is 3.44. The Morgan fingerprint density at radius 1 is 0.269 bits per heavy atom. The number of carbonyl (C=O) groups excluding carboxylic acids is 3. The first kappa shape index (κ1) is 73.3. The van der Waals surface area contributed by atoms with Crippen molar-refractivity contribution in [2.24, 2.45) is 0 Å². The monoisotopic (exact) mass is 1080 g/mol. The maximum atomic E-state index is 12.9. The van der Waals surface area contributed by atoms with Crippen molar-refractivity contribution in [3.63, 3.8) is 0 Å². The molecule has 0 bridgehead atoms. The van der Waals surface area contributed by atoms with Crippen LogP contribution in [-0.2, 0) is 28.6 Å². The van der Waals surface area contributed by atoms with Gasteiger partial charge in [-0.3, -0.25) is 14.4 Å². The predicted molar refractivity (Wildman–Crippen MR) is 339 cm³/mol. The van der Waals surface area contributed by atoms with Gasteiger partial charge in [0.25, 0.3) is 0 Å². The van der Waals surface area contributed by atoms with Crippen LogP contribution in [0.25, 0.3) is 0 Å². The summed E-state index contributed by atoms with van der Waals surface area (Å²) in [6.07, 6.45) is 92.7. The molecule has 0 saturated carbocycles. The van der Waals surface area contributed by atoms with Crippen molar-refractivity contribution in [3.05, 3.63) is 146 Å². The SMILES string of the molecule is CC/C=C\C/C=C\C/C=C\C/C=C\C/C=C\C/C=C\CCCCCCC(=O)OCC(COC(=O)CCCCCCC/C=C\CCCCCCC)OC(=O)CCCCCCCCC/C=C\C/C=C\C/C=C\C/C=C\C/C=C\CC. The maximum Gasteiger partial charge on any atom is 0.306 e. The highest BCUT2D eigenvalue weighted by Gasteiger charge is 2.19. The molecule has 78 heavy (non-hydrogen) atoms. The molecule has 0 aliphatic carbocycles. The van der Waals surface area contributed by atoms with Gasteiger partial charge in [0.2, 0.25) is 0 Å². The van der Waals surface area contributed by atoms with Crippen LogP contribution in [0, 0.1) is 0 Å². The molecule has 0 radical (unpaired) electrons. The highest BCUT2D eigenvalue weighted by Crippen LogP contribution is 2.14. The molecule has 0 amide bonds. The zero-order valence-corrected chi connectivity index (χ0v) is 50.4. The summed E-state index contributed by atoms with van der Waals surface area (Å²) in [6, 6.07) is 0. The Morgan fingerprint density at radius 2 is 0.500 bits per heavy atom. The molecule has 0 spiro atoms. The van der Waals surface area contributed by atoms with Crippen LogP contribution in [0.5, 0.6) is 0 Å². The molecule has 0 rings (SSSR count). The molecule has 0 heterocycles. The molecule has 0 aliphatic heterocycles. The molecule has 440 valence electrons. The molecule has 0 N–H and O–H groups in total. The summed E-state index contributed by atoms with van der Waals surface area (Å²) < 4.78 is 16.9. The van der Waals surface area contributed by atoms with Crippen LogP contribution in [0.3, 0.4) is 0 Å². The van der Waals surface area contributed by atoms with Crippen LogP contribution in [0.1, 0.15) is 271 Å². The number of carbonyl (C=O) groups is 3. The summed E-state index contributed by atoms with van der Waals surface area (Å²) in [5.74, 6) is -0.945. The van der Waals surface area contributed by atoms with Gasteiger partial charge in [0.15, 0.2) is 6.10 Å². The lowest BCUT2D eigenvalue weighted by Crippen LogP contribution is -2.30. The van der Waals surface area contributed by atoms with Gasteiger partial charge in [-0.1, -0.05) is 256 Å². The van der Waals surface area contributed by atoms with E-state index in [1.54, 1.807) is 0 Å². The van der Waals surface area contributed by atoms with Gasteiger partial charge in [-0.15, -0.1) is 0 Å². The topological polar surface area (TPSA) is 78.9 Å². The van der Waals surface area contributed by atoms with Crippen LogP contribution in [-0.4, -0.2) is 37.2 Å². The van der Waals surface area contributed by atoms with Crippen LogP contribution in [0.15, 0.2) is 146 Å². The van der Waals surface area contributed by atoms with Gasteiger partial charge >= 0.3 is 17.9 Å². The van der Waals surface area contributed by atoms with E-state index in [0.29, 0.717) is 19.3 Å². The summed E-state index contributed by atoms with van der Waals surface area (Å²) in [7, 11) is 0. The van der Waals surface area contributed by atoms with Crippen molar-refractivity contribution < 1.29 is 28.6 Å². The van der Waals surface area contributed by atoms with Crippen LogP contribution >= 0.6 is 0 Å². The zero-order valence-electron chi connectivity index (χ0n) is 50.4. The second kappa shape index (κ2) is 64.8. The maximum absolute atomic E-state index is 12.9. The molecule has 0 aromatic heterocycles. The van der Waals surface area contributed by atoms with Gasteiger partial charge < -0.3 is 14.2 Å². The number of esters is 3. The Hall–Kier alpha value is -4.71. The molecule has 6 heteroatoms. The fourth-order valence-electron chi connectivity index (χ4n) is 8.35. The number of hydrogen-bond acceptors (Lipinski definition) is 6. The molecule has 1 atom stereocenters. The van der Waals surface area contributed by atoms with Gasteiger partial charge in [-0.25, -0.2) is 0 Å². The van der Waals surface area contributed by atoms with E-state index in [4.69, 9.17) is 14.2 Å². The molecular weight excluding hydrogens is 961 g/mol. The van der Waals surface area contributed by atoms with E-state index in [1.807, 2.05) is 0 Å². The molecule has 6 nitrogen and oxygen atoms in total. The van der Waals surface area contributed by atoms with E-state index in [-0.39, 0.29) is 31.1 Å². The van der Waals surface area contributed by atoms with Crippen molar-refractivity contribution in [3.8, 4) is 0 Å². The molecule has 1 unspecified atom stereocenters. The molecule has 0 aromatic rings. The third kappa shape index (κ3) is 62.1. The molecule has 0 aromatic carbocycles. The van der Waals surface area contributed by atoms with Crippen molar-refractivity contribution in [2.45, 2.75) is 277 Å². The van der Waals surface area contributed by atoms with Crippen molar-refractivity contribution in [1.29, 1.82) is 0 Å². The van der Waals surface area contributed by atoms with Crippen molar-refractivity contribution >= 4 is 17.9 Å². The fourth-order valence-corrected chi connectivity index (χ4v) is 8.35. The summed E-state index contributed by atoms with van der Waals surface area (Å²) in [5, 5.41) is 0. The smallest absolute Gasteiger partial charge is 0.306 e. The van der Waals surface area contributed by atoms with E-state index < -0.39 is 6.10 Å². The first-order valence-corrected chi connectivity index (χ1v) is 31.8. The minimum atomic E-state index is -0.806. The van der Waals surface area contributed by atoms with Gasteiger partial charge in [-0.2, -0.15) is 0 Å². The van der Waals surface area contributed by atoms with Crippen LogP contribution in [0.4, 0.5) is 0 Å². The lowest BCUT2D eigenvalue weighted by atomic mass is 10.1. The normalized spacial score (nSPS) is 13.1. The number of allylic oxidation sites excluding steroid dienone is 24. The van der Waals surface area contributed by atoms with E-state index in [1.165, 1.54) is 64.2 Å². The van der Waals surface area contributed by atoms with E-state index in [9.17, 15) is 14.4 Å². The standard InChI is InChI=1S/C72H116O6/c1-4-7-10-13-16-19-22-25-28-30-32-34-36-38-40-42-44-47-50-53-56-59-62-65-71(74)77-68-69(67-76-70(73)64-61-58-55-52-49-46-27-24-21-18-15-12-9-6-3)78-72(75)66-63-60-57-54-51-48-45-43-41-39-37-35-33-31-29-26-23-20-17-14-11-8-5-2/h7-8,10-11,16-17,19-20,24-29,32-35,38-41,44,47,69H,4-6,9,12-15,18,21-23,30-31,36-37,42-43,45-46,48-68H2,1-3H3/b10-7-,11-8-,19-16-,20-17-,27-24-,28-25-,29-26-,34-32-,35-33-,40-38-,41-39-,47-44-. The quantitative estimate of drug-likeness (QED) is 0.0261. The molecule has 0 fully saturated rings. The molecular formula is C72H116O6. The van der Waals surface area contributed by atoms with Gasteiger partial charge in [0, 0.05) is 19.3 Å². The molecule has 0 aliphatic rings. The fraction of sp³-hybridized carbons (Fsp3) is 0.625. The second-order valence-electron chi connectivity index (χ2n) is 20.5. The lowest BCUT2D eigenvalue weighted by molar-refractivity contribution is -0.167. The van der Waals surface area contributed by atoms with E-state index in [0.717, 1.165) is 167 Å². The summed E-state index contributed by atoms with van der Waals surface area (Å²) >= 11 is 0. The lowest BCUT2D eigenvalue weighted by Gasteiger charge is -2.18. The predicted octanol–water partition coefficient (Wildman–Crippen LogP) is 21.9. The average molecular weight is 1080 g/mol. The highest BCUT2D eigenvalue weighted by atomic mass is 16.6. The zero-order chi connectivity index (χ0) is 56.4. The van der Waals surface area contributed by atoms with Crippen molar-refractivity contribution in [2.75, 3.05) is 13.2 Å². The Bertz CT molecular complexity index is 1710. The van der Waals surface area contributed by atoms with Crippen LogP contribution < -0.4 is 0 Å². The second-order valence-corrected chi connectivity index (χ2v) is 20.5. The van der Waals surface area contributed by atoms with Gasteiger partial charge in [0.05, 0.1) is 0 Å². The summed E-state index contributed by atoms with van der Waals surface area (Å²) in [5.41, 5.74) is 0. The van der Waals surface area contributed by atoms with E-state index in [2.05, 4.69) is 167 Å². The third-order valence-corrected chi connectivity index (χ3v) is 13.1. The van der Waals surface area contributed by atoms with Crippen molar-refractivity contribution in [1.82, 2.24) is 0 Å². The minimum absolute atomic E-state index is 0.100. The first-order chi connectivity index (χ1) is 38.5. The number of hydrogen-bond donors (Lipinski definition) is 0. The Morgan fingerprint density at radius 3 is 0.795 bits per heavy atom. The Labute approximate surface area is 480 Å². The van der Waals surface area contributed by atoms with Gasteiger partial charge in [-0.05, 0) is 141 Å². The molecule has 0 saturated heterocycles. The Kier molecular flexibility index (Phi) is 60.9.